The van der Waals surface area contributed by atoms with Crippen molar-refractivity contribution in [2.24, 2.45) is 0 Å². The standard InChI is InChI=1S/C22H27Cl2FN4O4S/c1-5-26-22(31)15(2)28(13-16-6-11-19(23)20(24)12-16)21(30)14-29(34(32,33)27(3)4)18-9-7-17(25)8-10-18/h6-12,15H,5,13-14H2,1-4H3,(H,26,31)/t15-/m0/s1. The van der Waals surface area contributed by atoms with Crippen molar-refractivity contribution in [3.63, 3.8) is 0 Å². The highest BCUT2D eigenvalue weighted by Crippen LogP contribution is 2.25. The summed E-state index contributed by atoms with van der Waals surface area (Å²) in [4.78, 5) is 27.3. The van der Waals surface area contributed by atoms with E-state index in [1.54, 1.807) is 32.0 Å². The van der Waals surface area contributed by atoms with Gasteiger partial charge in [0, 0.05) is 27.2 Å². The molecule has 0 bridgehead atoms. The first-order valence-electron chi connectivity index (χ1n) is 10.3. The normalized spacial score (nSPS) is 12.4. The summed E-state index contributed by atoms with van der Waals surface area (Å²) in [6.07, 6.45) is 0. The van der Waals surface area contributed by atoms with Gasteiger partial charge in [0.15, 0.2) is 0 Å². The first kappa shape index (κ1) is 27.8. The van der Waals surface area contributed by atoms with Crippen LogP contribution >= 0.6 is 23.2 Å². The van der Waals surface area contributed by atoms with Crippen molar-refractivity contribution >= 4 is 50.9 Å². The Bertz CT molecular complexity index is 1130. The fraction of sp³-hybridized carbons (Fsp3) is 0.364. The van der Waals surface area contributed by atoms with E-state index in [0.717, 1.165) is 20.7 Å². The maximum absolute atomic E-state index is 13.5. The monoisotopic (exact) mass is 532 g/mol. The highest BCUT2D eigenvalue weighted by molar-refractivity contribution is 7.90. The quantitative estimate of drug-likeness (QED) is 0.508. The van der Waals surface area contributed by atoms with Crippen LogP contribution in [0.5, 0.6) is 0 Å². The van der Waals surface area contributed by atoms with E-state index >= 15 is 0 Å². The molecule has 186 valence electrons. The summed E-state index contributed by atoms with van der Waals surface area (Å²) in [5.41, 5.74) is 0.700. The minimum Gasteiger partial charge on any atom is -0.355 e. The molecule has 1 N–H and O–H groups in total. The molecular formula is C22H27Cl2FN4O4S. The molecule has 0 saturated heterocycles. The van der Waals surface area contributed by atoms with Crippen LogP contribution in [0.25, 0.3) is 0 Å². The molecule has 2 amide bonds. The van der Waals surface area contributed by atoms with Gasteiger partial charge in [0.1, 0.15) is 18.4 Å². The molecule has 0 aliphatic carbocycles. The van der Waals surface area contributed by atoms with Gasteiger partial charge in [-0.3, -0.25) is 9.59 Å². The van der Waals surface area contributed by atoms with Crippen LogP contribution in [-0.2, 0) is 26.3 Å². The van der Waals surface area contributed by atoms with Crippen molar-refractivity contribution in [2.75, 3.05) is 31.5 Å². The fourth-order valence-electron chi connectivity index (χ4n) is 3.06. The molecule has 2 rings (SSSR count). The molecule has 0 heterocycles. The second kappa shape index (κ2) is 11.8. The molecule has 12 heteroatoms. The van der Waals surface area contributed by atoms with Crippen molar-refractivity contribution < 1.29 is 22.4 Å². The number of hydrogen-bond acceptors (Lipinski definition) is 4. The molecule has 34 heavy (non-hydrogen) atoms. The van der Waals surface area contributed by atoms with Crippen molar-refractivity contribution in [2.45, 2.75) is 26.4 Å². The molecule has 0 aliphatic heterocycles. The Hall–Kier alpha value is -2.40. The Morgan fingerprint density at radius 2 is 1.68 bits per heavy atom. The Morgan fingerprint density at radius 3 is 2.21 bits per heavy atom. The van der Waals surface area contributed by atoms with E-state index in [2.05, 4.69) is 5.32 Å². The zero-order valence-electron chi connectivity index (χ0n) is 19.3. The van der Waals surface area contributed by atoms with Crippen LogP contribution in [0.2, 0.25) is 10.0 Å². The van der Waals surface area contributed by atoms with Gasteiger partial charge in [0.25, 0.3) is 0 Å². The molecule has 8 nitrogen and oxygen atoms in total. The second-order valence-corrected chi connectivity index (χ2v) is 10.5. The van der Waals surface area contributed by atoms with E-state index in [4.69, 9.17) is 23.2 Å². The lowest BCUT2D eigenvalue weighted by molar-refractivity contribution is -0.139. The number of halogens is 3. The zero-order chi connectivity index (χ0) is 25.6. The lowest BCUT2D eigenvalue weighted by Crippen LogP contribution is -2.52. The van der Waals surface area contributed by atoms with Gasteiger partial charge in [-0.05, 0) is 55.8 Å². The predicted molar refractivity (Wildman–Crippen MR) is 132 cm³/mol. The number of amides is 2. The smallest absolute Gasteiger partial charge is 0.304 e. The minimum atomic E-state index is -4.12. The number of carbonyl (C=O) groups excluding carboxylic acids is 2. The van der Waals surface area contributed by atoms with Crippen molar-refractivity contribution in [1.82, 2.24) is 14.5 Å². The Kier molecular flexibility index (Phi) is 9.69. The van der Waals surface area contributed by atoms with Gasteiger partial charge in [-0.25, -0.2) is 8.70 Å². The molecule has 0 fully saturated rings. The van der Waals surface area contributed by atoms with E-state index < -0.39 is 40.4 Å². The third kappa shape index (κ3) is 6.82. The van der Waals surface area contributed by atoms with Crippen molar-refractivity contribution in [3.05, 3.63) is 63.9 Å². The number of nitrogens with one attached hydrogen (secondary N) is 1. The predicted octanol–water partition coefficient (Wildman–Crippen LogP) is 3.30. The number of benzene rings is 2. The SMILES string of the molecule is CCNC(=O)[C@H](C)N(Cc1ccc(Cl)c(Cl)c1)C(=O)CN(c1ccc(F)cc1)S(=O)(=O)N(C)C. The number of anilines is 1. The number of nitrogens with zero attached hydrogens (tertiary/aromatic N) is 3. The molecule has 0 spiro atoms. The highest BCUT2D eigenvalue weighted by atomic mass is 35.5. The van der Waals surface area contributed by atoms with E-state index in [0.29, 0.717) is 17.1 Å². The van der Waals surface area contributed by atoms with Gasteiger partial charge in [-0.1, -0.05) is 29.3 Å². The summed E-state index contributed by atoms with van der Waals surface area (Å²) < 4.78 is 41.2. The van der Waals surface area contributed by atoms with E-state index in [1.165, 1.54) is 31.1 Å². The first-order valence-corrected chi connectivity index (χ1v) is 12.5. The van der Waals surface area contributed by atoms with Crippen LogP contribution in [0.3, 0.4) is 0 Å². The van der Waals surface area contributed by atoms with E-state index in [1.807, 2.05) is 0 Å². The molecule has 0 unspecified atom stereocenters. The van der Waals surface area contributed by atoms with Gasteiger partial charge in [-0.15, -0.1) is 0 Å². The van der Waals surface area contributed by atoms with E-state index in [-0.39, 0.29) is 17.3 Å². The Balaban J connectivity index is 2.46. The maximum Gasteiger partial charge on any atom is 0.304 e. The van der Waals surface area contributed by atoms with Crippen LogP contribution in [0.1, 0.15) is 19.4 Å². The summed E-state index contributed by atoms with van der Waals surface area (Å²) >= 11 is 12.1. The van der Waals surface area contributed by atoms with Crippen LogP contribution in [0, 0.1) is 5.82 Å². The number of rotatable bonds is 10. The fourth-order valence-corrected chi connectivity index (χ4v) is 4.44. The van der Waals surface area contributed by atoms with Gasteiger partial charge in [0.05, 0.1) is 15.7 Å². The number of likely N-dealkylation sites (N-methyl/N-ethyl adjacent to an activating group) is 1. The zero-order valence-corrected chi connectivity index (χ0v) is 21.6. The van der Waals surface area contributed by atoms with E-state index in [9.17, 15) is 22.4 Å². The molecule has 0 aliphatic rings. The number of hydrogen-bond donors (Lipinski definition) is 1. The largest absolute Gasteiger partial charge is 0.355 e. The Morgan fingerprint density at radius 1 is 1.06 bits per heavy atom. The highest BCUT2D eigenvalue weighted by Gasteiger charge is 2.32. The maximum atomic E-state index is 13.5. The summed E-state index contributed by atoms with van der Waals surface area (Å²) in [6.45, 7) is 3.01. The average molecular weight is 533 g/mol. The molecule has 2 aromatic carbocycles. The molecule has 0 saturated carbocycles. The third-order valence-corrected chi connectivity index (χ3v) is 7.55. The van der Waals surface area contributed by atoms with Crippen molar-refractivity contribution in [1.29, 1.82) is 0 Å². The second-order valence-electron chi connectivity index (χ2n) is 7.61. The van der Waals surface area contributed by atoms with Gasteiger partial charge in [0.2, 0.25) is 11.8 Å². The van der Waals surface area contributed by atoms with Crippen LogP contribution in [-0.4, -0.2) is 62.7 Å². The molecule has 2 aromatic rings. The molecule has 0 radical (unpaired) electrons. The summed E-state index contributed by atoms with van der Waals surface area (Å²) in [5.74, 6) is -1.59. The molecule has 0 aromatic heterocycles. The lowest BCUT2D eigenvalue weighted by atomic mass is 10.1. The van der Waals surface area contributed by atoms with Crippen LogP contribution in [0.4, 0.5) is 10.1 Å². The third-order valence-electron chi connectivity index (χ3n) is 4.99. The first-order chi connectivity index (χ1) is 15.9. The van der Waals surface area contributed by atoms with Gasteiger partial charge < -0.3 is 10.2 Å². The van der Waals surface area contributed by atoms with Crippen molar-refractivity contribution in [3.8, 4) is 0 Å². The number of carbonyl (C=O) groups is 2. The van der Waals surface area contributed by atoms with Crippen LogP contribution < -0.4 is 9.62 Å². The van der Waals surface area contributed by atoms with Gasteiger partial charge in [-0.2, -0.15) is 12.7 Å². The topological polar surface area (TPSA) is 90.0 Å². The molecule has 1 atom stereocenters. The van der Waals surface area contributed by atoms with Gasteiger partial charge >= 0.3 is 10.2 Å². The summed E-state index contributed by atoms with van der Waals surface area (Å²) in [6, 6.07) is 8.61. The summed E-state index contributed by atoms with van der Waals surface area (Å²) in [7, 11) is -1.48. The molecular weight excluding hydrogens is 506 g/mol. The minimum absolute atomic E-state index is 0.0205. The lowest BCUT2D eigenvalue weighted by Gasteiger charge is -2.32. The Labute approximate surface area is 209 Å². The average Bonchev–Trinajstić information content (AvgIpc) is 2.78. The summed E-state index contributed by atoms with van der Waals surface area (Å²) in [5, 5.41) is 3.28. The van der Waals surface area contributed by atoms with Crippen LogP contribution in [0.15, 0.2) is 42.5 Å².